The molecule has 1 heterocycles. The number of nitrogens with zero attached hydrogens (tertiary/aromatic N) is 2. The van der Waals surface area contributed by atoms with Gasteiger partial charge in [-0.3, -0.25) is 4.79 Å². The van der Waals surface area contributed by atoms with Crippen molar-refractivity contribution in [2.45, 2.75) is 39.2 Å². The molecule has 1 aromatic heterocycles. The van der Waals surface area contributed by atoms with Crippen molar-refractivity contribution in [2.24, 2.45) is 0 Å². The van der Waals surface area contributed by atoms with Gasteiger partial charge in [0.15, 0.2) is 0 Å². The van der Waals surface area contributed by atoms with E-state index in [1.165, 1.54) is 16.8 Å². The van der Waals surface area contributed by atoms with Crippen LogP contribution in [-0.4, -0.2) is 22.8 Å². The number of rotatable bonds is 4. The Hall–Kier alpha value is -3.08. The lowest BCUT2D eigenvalue weighted by Crippen LogP contribution is -2.31. The van der Waals surface area contributed by atoms with Crippen LogP contribution in [0.3, 0.4) is 0 Å². The van der Waals surface area contributed by atoms with E-state index in [2.05, 4.69) is 42.5 Å². The van der Waals surface area contributed by atoms with Gasteiger partial charge in [-0.05, 0) is 74.6 Å². The minimum absolute atomic E-state index is 0.0258. The van der Waals surface area contributed by atoms with Crippen LogP contribution < -0.4 is 10.1 Å². The van der Waals surface area contributed by atoms with Crippen LogP contribution in [-0.2, 0) is 6.42 Å². The van der Waals surface area contributed by atoms with E-state index in [0.717, 1.165) is 30.5 Å². The number of carbonyl (C=O) groups is 1. The topological polar surface area (TPSA) is 56.1 Å². The maximum atomic E-state index is 12.8. The molecule has 3 aromatic rings. The smallest absolute Gasteiger partial charge is 0.251 e. The lowest BCUT2D eigenvalue weighted by Gasteiger charge is -2.24. The molecule has 1 aliphatic rings. The highest BCUT2D eigenvalue weighted by molar-refractivity contribution is 5.94. The van der Waals surface area contributed by atoms with Gasteiger partial charge in [0.05, 0.1) is 25.0 Å². The van der Waals surface area contributed by atoms with Gasteiger partial charge in [-0.1, -0.05) is 12.1 Å². The molecule has 5 nitrogen and oxygen atoms in total. The van der Waals surface area contributed by atoms with Crippen LogP contribution in [0.5, 0.6) is 5.75 Å². The number of hydrogen-bond acceptors (Lipinski definition) is 3. The van der Waals surface area contributed by atoms with Gasteiger partial charge in [0.2, 0.25) is 0 Å². The number of fused-ring (bicyclic) bond motifs is 1. The summed E-state index contributed by atoms with van der Waals surface area (Å²) in [7, 11) is 1.60. The summed E-state index contributed by atoms with van der Waals surface area (Å²) >= 11 is 0. The third-order valence-corrected chi connectivity index (χ3v) is 5.27. The second kappa shape index (κ2) is 7.50. The second-order valence-electron chi connectivity index (χ2n) is 7.45. The Balaban J connectivity index is 1.61. The Bertz CT molecular complexity index is 1000. The van der Waals surface area contributed by atoms with Crippen LogP contribution in [0.25, 0.3) is 5.69 Å². The van der Waals surface area contributed by atoms with Crippen molar-refractivity contribution < 1.29 is 9.53 Å². The minimum Gasteiger partial charge on any atom is -0.497 e. The minimum atomic E-state index is -0.0871. The molecular formula is C23H25N3O2. The van der Waals surface area contributed by atoms with Crippen molar-refractivity contribution in [1.29, 1.82) is 0 Å². The van der Waals surface area contributed by atoms with Crippen LogP contribution in [0.1, 0.15) is 51.6 Å². The Morgan fingerprint density at radius 3 is 2.71 bits per heavy atom. The summed E-state index contributed by atoms with van der Waals surface area (Å²) in [5.74, 6) is 0.593. The fraction of sp³-hybridized carbons (Fsp3) is 0.304. The molecule has 0 spiro atoms. The number of nitrogens with one attached hydrogen (secondary N) is 1. The first-order valence-electron chi connectivity index (χ1n) is 9.65. The summed E-state index contributed by atoms with van der Waals surface area (Å²) in [6, 6.07) is 13.7. The van der Waals surface area contributed by atoms with E-state index in [4.69, 9.17) is 4.74 Å². The average molecular weight is 375 g/mol. The highest BCUT2D eigenvalue weighted by Gasteiger charge is 2.26. The molecule has 0 saturated heterocycles. The molecule has 5 heteroatoms. The SMILES string of the molecule is COc1cccc(C(=O)NC2CCCc3c2cnn3-c2cc(C)cc(C)c2)c1. The van der Waals surface area contributed by atoms with Crippen molar-refractivity contribution >= 4 is 5.91 Å². The lowest BCUT2D eigenvalue weighted by molar-refractivity contribution is 0.0932. The molecular weight excluding hydrogens is 350 g/mol. The van der Waals surface area contributed by atoms with E-state index in [0.29, 0.717) is 11.3 Å². The molecule has 144 valence electrons. The van der Waals surface area contributed by atoms with Crippen molar-refractivity contribution in [2.75, 3.05) is 7.11 Å². The van der Waals surface area contributed by atoms with Crippen LogP contribution in [0.2, 0.25) is 0 Å². The first-order chi connectivity index (χ1) is 13.5. The monoisotopic (exact) mass is 375 g/mol. The summed E-state index contributed by atoms with van der Waals surface area (Å²) in [6.07, 6.45) is 4.81. The summed E-state index contributed by atoms with van der Waals surface area (Å²) in [4.78, 5) is 12.8. The summed E-state index contributed by atoms with van der Waals surface area (Å²) in [5.41, 5.74) is 6.43. The molecule has 0 saturated carbocycles. The molecule has 1 aliphatic carbocycles. The predicted octanol–water partition coefficient (Wildman–Crippen LogP) is 4.31. The first-order valence-corrected chi connectivity index (χ1v) is 9.65. The van der Waals surface area contributed by atoms with Crippen molar-refractivity contribution in [3.05, 3.63) is 76.6 Å². The predicted molar refractivity (Wildman–Crippen MR) is 109 cm³/mol. The fourth-order valence-electron chi connectivity index (χ4n) is 4.01. The molecule has 1 atom stereocenters. The number of hydrogen-bond donors (Lipinski definition) is 1. The van der Waals surface area contributed by atoms with E-state index >= 15 is 0 Å². The van der Waals surface area contributed by atoms with Crippen molar-refractivity contribution in [1.82, 2.24) is 15.1 Å². The number of amides is 1. The van der Waals surface area contributed by atoms with Crippen LogP contribution in [0.4, 0.5) is 0 Å². The van der Waals surface area contributed by atoms with Crippen LogP contribution >= 0.6 is 0 Å². The van der Waals surface area contributed by atoms with Gasteiger partial charge < -0.3 is 10.1 Å². The van der Waals surface area contributed by atoms with Gasteiger partial charge >= 0.3 is 0 Å². The Morgan fingerprint density at radius 2 is 1.96 bits per heavy atom. The van der Waals surface area contributed by atoms with Gasteiger partial charge in [0.25, 0.3) is 5.91 Å². The van der Waals surface area contributed by atoms with Gasteiger partial charge in [0.1, 0.15) is 5.75 Å². The lowest BCUT2D eigenvalue weighted by atomic mass is 9.92. The summed E-state index contributed by atoms with van der Waals surface area (Å²) in [5, 5.41) is 7.84. The molecule has 28 heavy (non-hydrogen) atoms. The maximum absolute atomic E-state index is 12.8. The molecule has 0 bridgehead atoms. The number of methoxy groups -OCH3 is 1. The van der Waals surface area contributed by atoms with Gasteiger partial charge in [-0.15, -0.1) is 0 Å². The van der Waals surface area contributed by atoms with Gasteiger partial charge in [-0.25, -0.2) is 4.68 Å². The molecule has 2 aromatic carbocycles. The molecule has 0 radical (unpaired) electrons. The summed E-state index contributed by atoms with van der Waals surface area (Å²) in [6.45, 7) is 4.20. The molecule has 1 N–H and O–H groups in total. The Labute approximate surface area is 165 Å². The summed E-state index contributed by atoms with van der Waals surface area (Å²) < 4.78 is 7.26. The number of aryl methyl sites for hydroxylation is 2. The highest BCUT2D eigenvalue weighted by Crippen LogP contribution is 2.31. The first kappa shape index (κ1) is 18.3. The molecule has 0 fully saturated rings. The van der Waals surface area contributed by atoms with E-state index in [-0.39, 0.29) is 11.9 Å². The number of aromatic nitrogens is 2. The normalized spacial score (nSPS) is 15.8. The Kier molecular flexibility index (Phi) is 4.90. The zero-order valence-electron chi connectivity index (χ0n) is 16.5. The van der Waals surface area contributed by atoms with E-state index in [1.807, 2.05) is 23.0 Å². The molecule has 1 amide bonds. The quantitative estimate of drug-likeness (QED) is 0.739. The third-order valence-electron chi connectivity index (χ3n) is 5.27. The van der Waals surface area contributed by atoms with Crippen LogP contribution in [0.15, 0.2) is 48.7 Å². The maximum Gasteiger partial charge on any atom is 0.251 e. The molecule has 1 unspecified atom stereocenters. The standard InChI is InChI=1S/C23H25N3O2/c1-15-10-16(2)12-18(11-15)26-22-9-5-8-21(20(22)14-24-26)25-23(27)17-6-4-7-19(13-17)28-3/h4,6-7,10-14,21H,5,8-9H2,1-3H3,(H,25,27). The zero-order chi connectivity index (χ0) is 19.7. The van der Waals surface area contributed by atoms with Gasteiger partial charge in [-0.2, -0.15) is 5.10 Å². The van der Waals surface area contributed by atoms with Crippen molar-refractivity contribution in [3.8, 4) is 11.4 Å². The largest absolute Gasteiger partial charge is 0.497 e. The van der Waals surface area contributed by atoms with E-state index < -0.39 is 0 Å². The third kappa shape index (κ3) is 3.52. The average Bonchev–Trinajstić information content (AvgIpc) is 3.12. The van der Waals surface area contributed by atoms with Crippen molar-refractivity contribution in [3.63, 3.8) is 0 Å². The number of carbonyl (C=O) groups excluding carboxylic acids is 1. The Morgan fingerprint density at radius 1 is 1.18 bits per heavy atom. The van der Waals surface area contributed by atoms with Gasteiger partial charge in [0, 0.05) is 16.8 Å². The second-order valence-corrected chi connectivity index (χ2v) is 7.45. The molecule has 4 rings (SSSR count). The van der Waals surface area contributed by atoms with E-state index in [9.17, 15) is 4.79 Å². The number of ether oxygens (including phenoxy) is 1. The zero-order valence-corrected chi connectivity index (χ0v) is 16.5. The highest BCUT2D eigenvalue weighted by atomic mass is 16.5. The number of benzene rings is 2. The fourth-order valence-corrected chi connectivity index (χ4v) is 4.01. The molecule has 0 aliphatic heterocycles. The van der Waals surface area contributed by atoms with E-state index in [1.54, 1.807) is 19.2 Å². The van der Waals surface area contributed by atoms with Crippen LogP contribution in [0, 0.1) is 13.8 Å².